The predicted octanol–water partition coefficient (Wildman–Crippen LogP) is 2.68. The summed E-state index contributed by atoms with van der Waals surface area (Å²) in [5.74, 6) is -2.35. The van der Waals surface area contributed by atoms with Gasteiger partial charge in [0.1, 0.15) is 22.9 Å². The van der Waals surface area contributed by atoms with Crippen molar-refractivity contribution in [1.82, 2.24) is 4.31 Å². The average molecular weight is 537 g/mol. The number of nitrogens with zero attached hydrogens (tertiary/aromatic N) is 1. The molecule has 0 aromatic heterocycles. The highest BCUT2D eigenvalue weighted by Gasteiger charge is 2.33. The molecule has 1 amide bonds. The van der Waals surface area contributed by atoms with Crippen LogP contribution in [0.3, 0.4) is 0 Å². The number of nitrogens with one attached hydrogen (secondary N) is 1. The molecule has 7 nitrogen and oxygen atoms in total. The highest BCUT2D eigenvalue weighted by Crippen LogP contribution is 2.32. The van der Waals surface area contributed by atoms with Crippen LogP contribution in [0.2, 0.25) is 0 Å². The summed E-state index contributed by atoms with van der Waals surface area (Å²) in [4.78, 5) is 12.0. The Morgan fingerprint density at radius 1 is 1.28 bits per heavy atom. The summed E-state index contributed by atoms with van der Waals surface area (Å²) in [7, 11) is -3.26. The zero-order valence-corrected chi connectivity index (χ0v) is 18.3. The van der Waals surface area contributed by atoms with E-state index in [1.807, 2.05) is 22.6 Å². The van der Waals surface area contributed by atoms with Gasteiger partial charge in [-0.1, -0.05) is 0 Å². The number of carbonyl (C=O) groups is 1. The monoisotopic (exact) mass is 537 g/mol. The molecule has 11 heteroatoms. The molecule has 0 atom stereocenters. The lowest BCUT2D eigenvalue weighted by atomic mass is 10.1. The van der Waals surface area contributed by atoms with Gasteiger partial charge in [0.25, 0.3) is 5.91 Å². The van der Waals surface area contributed by atoms with Crippen molar-refractivity contribution in [2.45, 2.75) is 0 Å². The van der Waals surface area contributed by atoms with Gasteiger partial charge in [0.2, 0.25) is 10.0 Å². The summed E-state index contributed by atoms with van der Waals surface area (Å²) in [6.45, 7) is 0.630. The van der Waals surface area contributed by atoms with E-state index in [1.165, 1.54) is 16.4 Å². The molecule has 29 heavy (non-hydrogen) atoms. The van der Waals surface area contributed by atoms with E-state index in [2.05, 4.69) is 5.32 Å². The summed E-state index contributed by atoms with van der Waals surface area (Å²) >= 11 is 1.95. The largest absolute Gasteiger partial charge is 0.492 e. The maximum Gasteiger partial charge on any atom is 0.254 e. The van der Waals surface area contributed by atoms with Gasteiger partial charge in [0.15, 0.2) is 0 Å². The quantitative estimate of drug-likeness (QED) is 0.530. The SMILES string of the molecule is CS(=O)(=O)N1CC(COc2cc(F)cc(Nc3ccc(I)cc3F)c2C(N)=O)C1. The zero-order valence-electron chi connectivity index (χ0n) is 15.3. The van der Waals surface area contributed by atoms with Gasteiger partial charge < -0.3 is 15.8 Å². The molecule has 0 bridgehead atoms. The Kier molecular flexibility index (Phi) is 6.29. The molecular weight excluding hydrogens is 519 g/mol. The van der Waals surface area contributed by atoms with Gasteiger partial charge in [0, 0.05) is 28.6 Å². The van der Waals surface area contributed by atoms with Crippen LogP contribution in [0.15, 0.2) is 30.3 Å². The van der Waals surface area contributed by atoms with E-state index in [1.54, 1.807) is 6.07 Å². The Morgan fingerprint density at radius 2 is 1.97 bits per heavy atom. The highest BCUT2D eigenvalue weighted by molar-refractivity contribution is 14.1. The number of rotatable bonds is 7. The van der Waals surface area contributed by atoms with Crippen molar-refractivity contribution < 1.29 is 26.7 Å². The topological polar surface area (TPSA) is 102 Å². The molecule has 0 radical (unpaired) electrons. The average Bonchev–Trinajstić information content (AvgIpc) is 2.54. The fourth-order valence-electron chi connectivity index (χ4n) is 2.89. The summed E-state index contributed by atoms with van der Waals surface area (Å²) in [6, 6.07) is 6.44. The Labute approximate surface area is 180 Å². The van der Waals surface area contributed by atoms with Gasteiger partial charge in [-0.15, -0.1) is 0 Å². The Balaban J connectivity index is 1.82. The number of ether oxygens (including phenoxy) is 1. The third-order valence-corrected chi connectivity index (χ3v) is 6.29. The molecule has 0 unspecified atom stereocenters. The van der Waals surface area contributed by atoms with Crippen molar-refractivity contribution in [2.24, 2.45) is 11.7 Å². The maximum absolute atomic E-state index is 14.1. The smallest absolute Gasteiger partial charge is 0.254 e. The minimum absolute atomic E-state index is 0.0287. The number of hydrogen-bond acceptors (Lipinski definition) is 5. The van der Waals surface area contributed by atoms with Gasteiger partial charge in [0.05, 0.1) is 24.2 Å². The van der Waals surface area contributed by atoms with Crippen LogP contribution in [0.1, 0.15) is 10.4 Å². The van der Waals surface area contributed by atoms with Crippen LogP contribution in [0.5, 0.6) is 5.75 Å². The molecule has 1 fully saturated rings. The summed E-state index contributed by atoms with van der Waals surface area (Å²) in [5.41, 5.74) is 5.35. The molecule has 156 valence electrons. The van der Waals surface area contributed by atoms with Crippen molar-refractivity contribution in [3.05, 3.63) is 51.1 Å². The summed E-state index contributed by atoms with van der Waals surface area (Å²) < 4.78 is 58.7. The molecule has 1 heterocycles. The first kappa shape index (κ1) is 21.7. The second-order valence-corrected chi connectivity index (χ2v) is 9.92. The van der Waals surface area contributed by atoms with Gasteiger partial charge >= 0.3 is 0 Å². The molecule has 0 saturated carbocycles. The van der Waals surface area contributed by atoms with Gasteiger partial charge in [-0.3, -0.25) is 4.79 Å². The van der Waals surface area contributed by atoms with Crippen molar-refractivity contribution in [3.63, 3.8) is 0 Å². The molecule has 3 rings (SSSR count). The standard InChI is InChI=1S/C18H18F2IN3O4S/c1-29(26,27)24-7-10(8-24)9-28-16-5-11(19)4-15(17(16)18(22)25)23-14-3-2-12(21)6-13(14)20/h2-6,10,23H,7-9H2,1H3,(H2,22,25). The minimum Gasteiger partial charge on any atom is -0.492 e. The van der Waals surface area contributed by atoms with E-state index in [0.29, 0.717) is 3.57 Å². The number of anilines is 2. The van der Waals surface area contributed by atoms with Crippen LogP contribution < -0.4 is 15.8 Å². The van der Waals surface area contributed by atoms with Crippen LogP contribution in [-0.4, -0.2) is 44.6 Å². The van der Waals surface area contributed by atoms with Crippen molar-refractivity contribution in [3.8, 4) is 5.75 Å². The number of benzene rings is 2. The van der Waals surface area contributed by atoms with Gasteiger partial charge in [-0.2, -0.15) is 0 Å². The molecule has 0 aliphatic carbocycles. The second-order valence-electron chi connectivity index (χ2n) is 6.70. The molecule has 1 aliphatic rings. The van der Waals surface area contributed by atoms with E-state index in [9.17, 15) is 22.0 Å². The number of halogens is 3. The second kappa shape index (κ2) is 8.40. The molecule has 2 aromatic rings. The third kappa shape index (κ3) is 5.14. The lowest BCUT2D eigenvalue weighted by Gasteiger charge is -2.36. The van der Waals surface area contributed by atoms with Crippen LogP contribution in [0.25, 0.3) is 0 Å². The number of primary amides is 1. The van der Waals surface area contributed by atoms with Gasteiger partial charge in [-0.25, -0.2) is 21.5 Å². The first-order valence-corrected chi connectivity index (χ1v) is 11.4. The fourth-order valence-corrected chi connectivity index (χ4v) is 4.31. The van der Waals surface area contributed by atoms with Crippen LogP contribution >= 0.6 is 22.6 Å². The van der Waals surface area contributed by atoms with Gasteiger partial charge in [-0.05, 0) is 46.9 Å². The number of hydrogen-bond donors (Lipinski definition) is 2. The normalized spacial score (nSPS) is 15.0. The maximum atomic E-state index is 14.1. The molecule has 0 spiro atoms. The van der Waals surface area contributed by atoms with Crippen LogP contribution in [0.4, 0.5) is 20.2 Å². The van der Waals surface area contributed by atoms with E-state index >= 15 is 0 Å². The Hall–Kier alpha value is -1.99. The lowest BCUT2D eigenvalue weighted by Crippen LogP contribution is -2.51. The summed E-state index contributed by atoms with van der Waals surface area (Å²) in [6.07, 6.45) is 1.11. The zero-order chi connectivity index (χ0) is 21.3. The Morgan fingerprint density at radius 3 is 2.55 bits per heavy atom. The highest BCUT2D eigenvalue weighted by atomic mass is 127. The van der Waals surface area contributed by atoms with Crippen molar-refractivity contribution >= 4 is 49.9 Å². The van der Waals surface area contributed by atoms with Crippen molar-refractivity contribution in [2.75, 3.05) is 31.3 Å². The first-order valence-electron chi connectivity index (χ1n) is 8.48. The molecule has 1 aliphatic heterocycles. The number of amides is 1. The number of sulfonamides is 1. The van der Waals surface area contributed by atoms with Crippen molar-refractivity contribution in [1.29, 1.82) is 0 Å². The molecule has 1 saturated heterocycles. The lowest BCUT2D eigenvalue weighted by molar-refractivity contribution is 0.0989. The Bertz CT molecular complexity index is 1060. The molecular formula is C18H18F2IN3O4S. The first-order chi connectivity index (χ1) is 13.5. The molecule has 3 N–H and O–H groups in total. The summed E-state index contributed by atoms with van der Waals surface area (Å²) in [5, 5.41) is 2.69. The molecule has 2 aromatic carbocycles. The van der Waals surface area contributed by atoms with E-state index in [4.69, 9.17) is 10.5 Å². The number of carbonyl (C=O) groups excluding carboxylic acids is 1. The third-order valence-electron chi connectivity index (χ3n) is 4.38. The number of nitrogens with two attached hydrogens (primary N) is 1. The van der Waals surface area contributed by atoms with Crippen LogP contribution in [-0.2, 0) is 10.0 Å². The van der Waals surface area contributed by atoms with E-state index in [0.717, 1.165) is 18.4 Å². The van der Waals surface area contributed by atoms with E-state index < -0.39 is 27.6 Å². The van der Waals surface area contributed by atoms with E-state index in [-0.39, 0.29) is 48.3 Å². The predicted molar refractivity (Wildman–Crippen MR) is 113 cm³/mol. The fraction of sp³-hybridized carbons (Fsp3) is 0.278. The van der Waals surface area contributed by atoms with Crippen LogP contribution in [0, 0.1) is 21.1 Å². The minimum atomic E-state index is -3.26.